The van der Waals surface area contributed by atoms with Gasteiger partial charge in [-0.25, -0.2) is 19.7 Å². The van der Waals surface area contributed by atoms with E-state index in [4.69, 9.17) is 16.3 Å². The first-order chi connectivity index (χ1) is 18.4. The number of nitrogens with one attached hydrogen (secondary N) is 2. The maximum absolute atomic E-state index is 13.1. The summed E-state index contributed by atoms with van der Waals surface area (Å²) >= 11 is 5.86. The van der Waals surface area contributed by atoms with Gasteiger partial charge < -0.3 is 25.2 Å². The Morgan fingerprint density at radius 2 is 1.79 bits per heavy atom. The molecule has 0 saturated carbocycles. The van der Waals surface area contributed by atoms with E-state index in [1.54, 1.807) is 18.3 Å². The third-order valence-electron chi connectivity index (χ3n) is 6.13. The van der Waals surface area contributed by atoms with E-state index in [9.17, 15) is 14.4 Å². The van der Waals surface area contributed by atoms with Crippen LogP contribution in [0.2, 0.25) is 5.02 Å². The van der Waals surface area contributed by atoms with Crippen molar-refractivity contribution in [3.8, 4) is 0 Å². The van der Waals surface area contributed by atoms with E-state index in [0.717, 1.165) is 39.1 Å². The maximum atomic E-state index is 13.1. The Kier molecular flexibility index (Phi) is 8.82. The highest BCUT2D eigenvalue weighted by Crippen LogP contribution is 2.22. The number of benzene rings is 1. The largest absolute Gasteiger partial charge is 0.465 e. The molecule has 11 nitrogen and oxygen atoms in total. The number of anilines is 3. The van der Waals surface area contributed by atoms with E-state index < -0.39 is 17.8 Å². The molecular weight excluding hydrogens is 510 g/mol. The van der Waals surface area contributed by atoms with Crippen molar-refractivity contribution in [2.75, 3.05) is 55.4 Å². The van der Waals surface area contributed by atoms with Gasteiger partial charge >= 0.3 is 5.97 Å². The lowest BCUT2D eigenvalue weighted by Crippen LogP contribution is -2.31. The Morgan fingerprint density at radius 1 is 0.947 bits per heavy atom. The number of nitrogens with zero attached hydrogens (tertiary/aromatic N) is 5. The lowest BCUT2D eigenvalue weighted by molar-refractivity contribution is 0.0600. The summed E-state index contributed by atoms with van der Waals surface area (Å²) in [4.78, 5) is 55.5. The fraction of sp³-hybridized carbons (Fsp3) is 0.308. The number of hydrogen-bond acceptors (Lipinski definition) is 9. The van der Waals surface area contributed by atoms with Crippen LogP contribution in [0, 0.1) is 0 Å². The van der Waals surface area contributed by atoms with E-state index in [0.29, 0.717) is 10.8 Å². The zero-order chi connectivity index (χ0) is 27.1. The van der Waals surface area contributed by atoms with Crippen molar-refractivity contribution in [1.82, 2.24) is 19.9 Å². The molecule has 1 aliphatic heterocycles. The lowest BCUT2D eigenvalue weighted by Gasteiger charge is -2.21. The molecule has 0 unspecified atom stereocenters. The fourth-order valence-electron chi connectivity index (χ4n) is 4.03. The van der Waals surface area contributed by atoms with Gasteiger partial charge in [0.05, 0.1) is 41.3 Å². The number of amides is 2. The number of esters is 1. The molecule has 2 N–H and O–H groups in total. The first kappa shape index (κ1) is 27.0. The quantitative estimate of drug-likeness (QED) is 0.436. The zero-order valence-corrected chi connectivity index (χ0v) is 21.9. The molecule has 4 rings (SSSR count). The lowest BCUT2D eigenvalue weighted by atomic mass is 10.1. The summed E-state index contributed by atoms with van der Waals surface area (Å²) in [5.74, 6) is -0.781. The summed E-state index contributed by atoms with van der Waals surface area (Å²) < 4.78 is 4.78. The molecule has 1 saturated heterocycles. The van der Waals surface area contributed by atoms with Crippen LogP contribution >= 0.6 is 11.6 Å². The third-order valence-corrected chi connectivity index (χ3v) is 6.36. The molecule has 0 bridgehead atoms. The van der Waals surface area contributed by atoms with Crippen LogP contribution in [0.4, 0.5) is 17.3 Å². The summed E-state index contributed by atoms with van der Waals surface area (Å²) in [5.41, 5.74) is 0.431. The van der Waals surface area contributed by atoms with Crippen molar-refractivity contribution in [2.24, 2.45) is 0 Å². The third kappa shape index (κ3) is 6.61. The first-order valence-corrected chi connectivity index (χ1v) is 12.5. The van der Waals surface area contributed by atoms with Crippen molar-refractivity contribution in [3.63, 3.8) is 0 Å². The van der Waals surface area contributed by atoms with E-state index in [2.05, 4.69) is 42.3 Å². The fourth-order valence-corrected chi connectivity index (χ4v) is 4.14. The molecule has 198 valence electrons. The van der Waals surface area contributed by atoms with Gasteiger partial charge in [0.1, 0.15) is 17.3 Å². The Hall–Kier alpha value is -4.09. The predicted molar refractivity (Wildman–Crippen MR) is 144 cm³/mol. The number of rotatable bonds is 7. The molecule has 38 heavy (non-hydrogen) atoms. The van der Waals surface area contributed by atoms with Crippen molar-refractivity contribution < 1.29 is 19.1 Å². The standard InChI is InChI=1S/C26H28ClN7O4/c1-3-33-9-4-10-34(12-11-33)23-16-28-21(15-30-23)25(36)31-20-13-17(26(37)38-2)5-7-19(20)24(35)32-22-8-6-18(27)14-29-22/h5-8,13-16H,3-4,9-12H2,1-2H3,(H,31,36)(H,29,32,35). The predicted octanol–water partition coefficient (Wildman–Crippen LogP) is 3.35. The molecule has 0 atom stereocenters. The van der Waals surface area contributed by atoms with Crippen LogP contribution < -0.4 is 15.5 Å². The zero-order valence-electron chi connectivity index (χ0n) is 21.1. The van der Waals surface area contributed by atoms with E-state index >= 15 is 0 Å². The van der Waals surface area contributed by atoms with Crippen LogP contribution in [0.15, 0.2) is 48.9 Å². The number of pyridine rings is 1. The number of hydrogen-bond donors (Lipinski definition) is 2. The molecule has 2 aromatic heterocycles. The van der Waals surface area contributed by atoms with Gasteiger partial charge in [0.15, 0.2) is 0 Å². The Morgan fingerprint density at radius 3 is 2.47 bits per heavy atom. The SMILES string of the molecule is CCN1CCCN(c2cnc(C(=O)Nc3cc(C(=O)OC)ccc3C(=O)Nc3ccc(Cl)cn3)cn2)CC1. The van der Waals surface area contributed by atoms with Crippen LogP contribution in [0.5, 0.6) is 0 Å². The monoisotopic (exact) mass is 537 g/mol. The minimum absolute atomic E-state index is 0.0629. The molecule has 1 aromatic carbocycles. The Labute approximate surface area is 225 Å². The molecule has 3 aromatic rings. The minimum atomic E-state index is -0.616. The molecule has 1 aliphatic rings. The van der Waals surface area contributed by atoms with Gasteiger partial charge in [-0.1, -0.05) is 18.5 Å². The van der Waals surface area contributed by atoms with Crippen molar-refractivity contribution in [2.45, 2.75) is 13.3 Å². The highest BCUT2D eigenvalue weighted by atomic mass is 35.5. The van der Waals surface area contributed by atoms with Crippen molar-refractivity contribution in [1.29, 1.82) is 0 Å². The highest BCUT2D eigenvalue weighted by molar-refractivity contribution is 6.30. The summed E-state index contributed by atoms with van der Waals surface area (Å²) in [6.07, 6.45) is 5.38. The topological polar surface area (TPSA) is 130 Å². The molecular formula is C26H28ClN7O4. The van der Waals surface area contributed by atoms with Gasteiger partial charge in [0.25, 0.3) is 11.8 Å². The molecule has 2 amide bonds. The number of halogens is 1. The number of carbonyl (C=O) groups is 3. The average Bonchev–Trinajstić information content (AvgIpc) is 3.19. The number of likely N-dealkylation sites (N-methyl/N-ethyl adjacent to an activating group) is 1. The number of methoxy groups -OCH3 is 1. The minimum Gasteiger partial charge on any atom is -0.465 e. The second-order valence-corrected chi connectivity index (χ2v) is 8.99. The van der Waals surface area contributed by atoms with Crippen LogP contribution in [0.25, 0.3) is 0 Å². The van der Waals surface area contributed by atoms with Crippen LogP contribution in [-0.2, 0) is 4.74 Å². The average molecular weight is 538 g/mol. The van der Waals surface area contributed by atoms with Crippen LogP contribution in [0.3, 0.4) is 0 Å². The molecule has 3 heterocycles. The van der Waals surface area contributed by atoms with Crippen molar-refractivity contribution in [3.05, 3.63) is 70.8 Å². The normalized spacial score (nSPS) is 13.9. The van der Waals surface area contributed by atoms with Gasteiger partial charge in [-0.3, -0.25) is 9.59 Å². The number of aromatic nitrogens is 3. The first-order valence-electron chi connectivity index (χ1n) is 12.1. The molecule has 0 aliphatic carbocycles. The van der Waals surface area contributed by atoms with Gasteiger partial charge in [0.2, 0.25) is 0 Å². The van der Waals surface area contributed by atoms with E-state index in [-0.39, 0.29) is 28.3 Å². The summed E-state index contributed by atoms with van der Waals surface area (Å²) in [6.45, 7) is 6.82. The molecule has 1 fully saturated rings. The van der Waals surface area contributed by atoms with E-state index in [1.165, 1.54) is 37.7 Å². The molecule has 0 radical (unpaired) electrons. The van der Waals surface area contributed by atoms with Gasteiger partial charge in [-0.05, 0) is 49.8 Å². The van der Waals surface area contributed by atoms with Crippen molar-refractivity contribution >= 4 is 46.7 Å². The summed E-state index contributed by atoms with van der Waals surface area (Å²) in [6, 6.07) is 7.35. The van der Waals surface area contributed by atoms with Gasteiger partial charge in [-0.2, -0.15) is 0 Å². The van der Waals surface area contributed by atoms with Crippen LogP contribution in [-0.4, -0.2) is 77.5 Å². The maximum Gasteiger partial charge on any atom is 0.337 e. The Bertz CT molecular complexity index is 1300. The van der Waals surface area contributed by atoms with Gasteiger partial charge in [0, 0.05) is 25.8 Å². The molecule has 12 heteroatoms. The summed E-state index contributed by atoms with van der Waals surface area (Å²) in [5, 5.41) is 5.74. The second-order valence-electron chi connectivity index (χ2n) is 8.56. The number of ether oxygens (including phenoxy) is 1. The number of carbonyl (C=O) groups excluding carboxylic acids is 3. The smallest absolute Gasteiger partial charge is 0.337 e. The van der Waals surface area contributed by atoms with Crippen LogP contribution in [0.1, 0.15) is 44.5 Å². The Balaban J connectivity index is 1.53. The second kappa shape index (κ2) is 12.4. The van der Waals surface area contributed by atoms with Gasteiger partial charge in [-0.15, -0.1) is 0 Å². The molecule has 0 spiro atoms. The van der Waals surface area contributed by atoms with E-state index in [1.807, 2.05) is 0 Å². The summed E-state index contributed by atoms with van der Waals surface area (Å²) in [7, 11) is 1.24. The highest BCUT2D eigenvalue weighted by Gasteiger charge is 2.20.